The smallest absolute Gasteiger partial charge is 0.311 e. The molecule has 1 aromatic carbocycles. The van der Waals surface area contributed by atoms with Crippen LogP contribution >= 0.6 is 11.3 Å². The summed E-state index contributed by atoms with van der Waals surface area (Å²) in [6.07, 6.45) is 1.65. The van der Waals surface area contributed by atoms with Gasteiger partial charge in [-0.3, -0.25) is 10.2 Å². The summed E-state index contributed by atoms with van der Waals surface area (Å²) in [6.45, 7) is 3.91. The average Bonchev–Trinajstić information content (AvgIpc) is 3.05. The normalized spacial score (nSPS) is 11.5. The van der Waals surface area contributed by atoms with Crippen LogP contribution in [0.1, 0.15) is 20.3 Å². The number of esters is 1. The number of nitrogens with zero attached hydrogens (tertiary/aromatic N) is 3. The molecule has 0 saturated carbocycles. The molecule has 3 rings (SSSR count). The third-order valence-corrected chi connectivity index (χ3v) is 4.40. The van der Waals surface area contributed by atoms with E-state index in [-0.39, 0.29) is 12.4 Å². The first-order chi connectivity index (χ1) is 12.2. The van der Waals surface area contributed by atoms with Crippen molar-refractivity contribution in [2.24, 2.45) is 5.10 Å². The van der Waals surface area contributed by atoms with Crippen molar-refractivity contribution in [3.63, 3.8) is 0 Å². The van der Waals surface area contributed by atoms with Crippen molar-refractivity contribution in [2.75, 3.05) is 12.0 Å². The molecule has 0 saturated heterocycles. The summed E-state index contributed by atoms with van der Waals surface area (Å²) in [4.78, 5) is 21.1. The van der Waals surface area contributed by atoms with Gasteiger partial charge in [0.05, 0.1) is 18.4 Å². The Labute approximate surface area is 149 Å². The first-order valence-corrected chi connectivity index (χ1v) is 8.79. The van der Waals surface area contributed by atoms with Gasteiger partial charge in [-0.1, -0.05) is 30.3 Å². The van der Waals surface area contributed by atoms with Crippen molar-refractivity contribution in [3.05, 3.63) is 42.0 Å². The molecule has 0 aliphatic heterocycles. The van der Waals surface area contributed by atoms with E-state index in [0.717, 1.165) is 21.3 Å². The van der Waals surface area contributed by atoms with Crippen LogP contribution in [-0.4, -0.2) is 28.3 Å². The third-order valence-electron chi connectivity index (χ3n) is 3.51. The summed E-state index contributed by atoms with van der Waals surface area (Å²) in [5, 5.41) is 7.25. The summed E-state index contributed by atoms with van der Waals surface area (Å²) in [6, 6.07) is 10.1. The van der Waals surface area contributed by atoms with E-state index >= 15 is 0 Å². The molecule has 2 heterocycles. The molecule has 1 N–H and O–H groups in total. The van der Waals surface area contributed by atoms with E-state index < -0.39 is 0 Å². The summed E-state index contributed by atoms with van der Waals surface area (Å²) in [7, 11) is 0. The van der Waals surface area contributed by atoms with Gasteiger partial charge >= 0.3 is 5.97 Å². The minimum atomic E-state index is -0.293. The van der Waals surface area contributed by atoms with Crippen LogP contribution in [0.3, 0.4) is 0 Å². The van der Waals surface area contributed by atoms with Crippen molar-refractivity contribution in [2.45, 2.75) is 20.3 Å². The summed E-state index contributed by atoms with van der Waals surface area (Å²) < 4.78 is 4.93. The van der Waals surface area contributed by atoms with Gasteiger partial charge in [0, 0.05) is 16.7 Å². The zero-order valence-electron chi connectivity index (χ0n) is 14.0. The van der Waals surface area contributed by atoms with Crippen LogP contribution < -0.4 is 5.43 Å². The Morgan fingerprint density at radius 1 is 1.28 bits per heavy atom. The second-order valence-electron chi connectivity index (χ2n) is 5.36. The fourth-order valence-electron chi connectivity index (χ4n) is 2.40. The Bertz CT molecular complexity index is 906. The Hall–Kier alpha value is -2.80. The predicted molar refractivity (Wildman–Crippen MR) is 101 cm³/mol. The molecule has 0 spiro atoms. The quantitative estimate of drug-likeness (QED) is 0.410. The van der Waals surface area contributed by atoms with E-state index in [4.69, 9.17) is 4.74 Å². The molecule has 0 unspecified atom stereocenters. The fourth-order valence-corrected chi connectivity index (χ4v) is 3.31. The van der Waals surface area contributed by atoms with Gasteiger partial charge in [0.15, 0.2) is 5.82 Å². The molecule has 0 aliphatic rings. The van der Waals surface area contributed by atoms with Crippen LogP contribution in [0.25, 0.3) is 21.3 Å². The van der Waals surface area contributed by atoms with Gasteiger partial charge < -0.3 is 4.74 Å². The molecule has 0 atom stereocenters. The molecule has 0 radical (unpaired) electrons. The lowest BCUT2D eigenvalue weighted by Gasteiger charge is -2.06. The van der Waals surface area contributed by atoms with Crippen LogP contribution in [0.15, 0.2) is 47.1 Å². The van der Waals surface area contributed by atoms with Gasteiger partial charge in [-0.15, -0.1) is 11.3 Å². The van der Waals surface area contributed by atoms with Crippen LogP contribution in [0.4, 0.5) is 5.82 Å². The largest absolute Gasteiger partial charge is 0.466 e. The van der Waals surface area contributed by atoms with Gasteiger partial charge in [-0.25, -0.2) is 9.97 Å². The Morgan fingerprint density at radius 3 is 2.84 bits per heavy atom. The lowest BCUT2D eigenvalue weighted by molar-refractivity contribution is -0.141. The molecular weight excluding hydrogens is 336 g/mol. The van der Waals surface area contributed by atoms with Crippen LogP contribution in [0.5, 0.6) is 0 Å². The van der Waals surface area contributed by atoms with Gasteiger partial charge in [0.1, 0.15) is 11.2 Å². The molecule has 3 aromatic rings. The molecule has 0 amide bonds. The van der Waals surface area contributed by atoms with Gasteiger partial charge in [-0.05, 0) is 19.4 Å². The first kappa shape index (κ1) is 17.0. The van der Waals surface area contributed by atoms with Crippen molar-refractivity contribution < 1.29 is 9.53 Å². The van der Waals surface area contributed by atoms with Gasteiger partial charge in [0.25, 0.3) is 0 Å². The monoisotopic (exact) mass is 354 g/mol. The Kier molecular flexibility index (Phi) is 5.35. The fraction of sp³-hybridized carbons (Fsp3) is 0.222. The zero-order valence-corrected chi connectivity index (χ0v) is 14.8. The maximum atomic E-state index is 11.5. The number of ether oxygens (including phenoxy) is 1. The number of thiophene rings is 1. The highest BCUT2D eigenvalue weighted by Gasteiger charge is 2.13. The molecule has 0 aliphatic carbocycles. The maximum Gasteiger partial charge on any atom is 0.311 e. The van der Waals surface area contributed by atoms with Crippen LogP contribution in [0.2, 0.25) is 0 Å². The number of nitrogens with one attached hydrogen (secondary N) is 1. The van der Waals surface area contributed by atoms with E-state index in [1.807, 2.05) is 30.3 Å². The second kappa shape index (κ2) is 7.85. The van der Waals surface area contributed by atoms with Gasteiger partial charge in [0.2, 0.25) is 0 Å². The lowest BCUT2D eigenvalue weighted by atomic mass is 10.1. The summed E-state index contributed by atoms with van der Waals surface area (Å²) in [5.74, 6) is 0.326. The number of rotatable bonds is 6. The van der Waals surface area contributed by atoms with Crippen LogP contribution in [0, 0.1) is 0 Å². The highest BCUT2D eigenvalue weighted by Crippen LogP contribution is 2.36. The second-order valence-corrected chi connectivity index (χ2v) is 6.22. The Morgan fingerprint density at radius 2 is 2.08 bits per heavy atom. The molecule has 128 valence electrons. The molecule has 2 aromatic heterocycles. The highest BCUT2D eigenvalue weighted by atomic mass is 32.1. The molecule has 7 heteroatoms. The number of carbonyl (C=O) groups excluding carboxylic acids is 1. The number of anilines is 1. The van der Waals surface area contributed by atoms with Crippen molar-refractivity contribution >= 4 is 39.1 Å². The van der Waals surface area contributed by atoms with E-state index in [9.17, 15) is 4.79 Å². The summed E-state index contributed by atoms with van der Waals surface area (Å²) in [5.41, 5.74) is 5.75. The van der Waals surface area contributed by atoms with Crippen molar-refractivity contribution in [1.82, 2.24) is 9.97 Å². The van der Waals surface area contributed by atoms with Crippen molar-refractivity contribution in [1.29, 1.82) is 0 Å². The summed E-state index contributed by atoms with van der Waals surface area (Å²) >= 11 is 1.56. The number of benzene rings is 1. The molecular formula is C18H18N4O2S. The number of hydrazone groups is 1. The first-order valence-electron chi connectivity index (χ1n) is 7.91. The SMILES string of the molecule is CCOC(=O)C/C(C)=N/Nc1ncnc2scc(-c3ccccc3)c12. The van der Waals surface area contributed by atoms with E-state index in [0.29, 0.717) is 18.1 Å². The van der Waals surface area contributed by atoms with Gasteiger partial charge in [-0.2, -0.15) is 5.10 Å². The van der Waals surface area contributed by atoms with E-state index in [1.165, 1.54) is 6.33 Å². The minimum absolute atomic E-state index is 0.143. The third kappa shape index (κ3) is 4.00. The lowest BCUT2D eigenvalue weighted by Crippen LogP contribution is -2.10. The molecule has 0 fully saturated rings. The molecule has 25 heavy (non-hydrogen) atoms. The molecule has 6 nitrogen and oxygen atoms in total. The standard InChI is InChI=1S/C18H18N4O2S/c1-3-24-15(23)9-12(2)21-22-17-16-14(13-7-5-4-6-8-13)10-25-18(16)20-11-19-17/h4-8,10-11H,3,9H2,1-2H3,(H,19,20,22)/b21-12+. The predicted octanol–water partition coefficient (Wildman–Crippen LogP) is 4.10. The number of hydrogen-bond donors (Lipinski definition) is 1. The number of fused-ring (bicyclic) bond motifs is 1. The van der Waals surface area contributed by atoms with E-state index in [1.54, 1.807) is 25.2 Å². The average molecular weight is 354 g/mol. The number of aromatic nitrogens is 2. The molecule has 0 bridgehead atoms. The van der Waals surface area contributed by atoms with Crippen molar-refractivity contribution in [3.8, 4) is 11.1 Å². The topological polar surface area (TPSA) is 76.5 Å². The van der Waals surface area contributed by atoms with E-state index in [2.05, 4.69) is 25.9 Å². The van der Waals surface area contributed by atoms with Crippen LogP contribution in [-0.2, 0) is 9.53 Å². The Balaban J connectivity index is 1.89. The zero-order chi connectivity index (χ0) is 17.6. The maximum absolute atomic E-state index is 11.5. The highest BCUT2D eigenvalue weighted by molar-refractivity contribution is 7.17. The minimum Gasteiger partial charge on any atom is -0.466 e. The number of hydrogen-bond acceptors (Lipinski definition) is 7. The number of carbonyl (C=O) groups is 1.